The molecule has 1 aromatic heterocycles. The van der Waals surface area contributed by atoms with E-state index in [1.54, 1.807) is 7.11 Å². The first kappa shape index (κ1) is 16.0. The van der Waals surface area contributed by atoms with E-state index >= 15 is 0 Å². The van der Waals surface area contributed by atoms with Gasteiger partial charge in [-0.1, -0.05) is 11.8 Å². The molecule has 0 spiro atoms. The summed E-state index contributed by atoms with van der Waals surface area (Å²) in [6.07, 6.45) is 1.95. The Balaban J connectivity index is 2.50. The van der Waals surface area contributed by atoms with Crippen LogP contribution in [0.1, 0.15) is 5.69 Å². The molecule has 0 amide bonds. The van der Waals surface area contributed by atoms with Gasteiger partial charge in [0, 0.05) is 32.9 Å². The van der Waals surface area contributed by atoms with Gasteiger partial charge in [-0.25, -0.2) is 4.98 Å². The number of aryl methyl sites for hydroxylation is 1. The minimum absolute atomic E-state index is 0.0377. The number of nitrogens with zero attached hydrogens (tertiary/aromatic N) is 3. The lowest BCUT2D eigenvalue weighted by Gasteiger charge is -2.16. The predicted octanol–water partition coefficient (Wildman–Crippen LogP) is 0.946. The standard InChI is InChI=1S/C12H21N3O3S/c1-10-8-15(5-4-14(2)6-7-18-3)12(13-10)19-9-11(16)17/h8H,4-7,9H2,1-3H3,(H,16,17). The van der Waals surface area contributed by atoms with Crippen molar-refractivity contribution >= 4 is 17.7 Å². The number of hydrogen-bond donors (Lipinski definition) is 1. The molecule has 6 nitrogen and oxygen atoms in total. The number of carboxylic acids is 1. The molecule has 19 heavy (non-hydrogen) atoms. The number of imidazole rings is 1. The third-order valence-electron chi connectivity index (χ3n) is 2.58. The van der Waals surface area contributed by atoms with Crippen molar-refractivity contribution in [3.05, 3.63) is 11.9 Å². The largest absolute Gasteiger partial charge is 0.481 e. The number of carboxylic acid groups (broad SMARTS) is 1. The van der Waals surface area contributed by atoms with Crippen molar-refractivity contribution in [3.8, 4) is 0 Å². The molecule has 1 N–H and O–H groups in total. The van der Waals surface area contributed by atoms with Gasteiger partial charge < -0.3 is 19.3 Å². The van der Waals surface area contributed by atoms with E-state index in [1.165, 1.54) is 11.8 Å². The highest BCUT2D eigenvalue weighted by Gasteiger charge is 2.09. The molecule has 0 saturated carbocycles. The smallest absolute Gasteiger partial charge is 0.313 e. The Bertz CT molecular complexity index is 409. The van der Waals surface area contributed by atoms with Crippen molar-refractivity contribution in [2.45, 2.75) is 18.6 Å². The van der Waals surface area contributed by atoms with E-state index in [2.05, 4.69) is 9.88 Å². The number of thioether (sulfide) groups is 1. The second kappa shape index (κ2) is 8.19. The second-order valence-corrected chi connectivity index (χ2v) is 5.28. The van der Waals surface area contributed by atoms with Crippen LogP contribution in [0.15, 0.2) is 11.4 Å². The minimum atomic E-state index is -0.825. The molecule has 0 aromatic carbocycles. The van der Waals surface area contributed by atoms with E-state index in [4.69, 9.17) is 9.84 Å². The molecular formula is C12H21N3O3S. The van der Waals surface area contributed by atoms with Crippen LogP contribution in [0.3, 0.4) is 0 Å². The van der Waals surface area contributed by atoms with E-state index in [0.717, 1.165) is 30.5 Å². The van der Waals surface area contributed by atoms with E-state index in [-0.39, 0.29) is 5.75 Å². The molecule has 1 heterocycles. The van der Waals surface area contributed by atoms with E-state index in [1.807, 2.05) is 24.7 Å². The van der Waals surface area contributed by atoms with Crippen LogP contribution in [-0.4, -0.2) is 65.1 Å². The van der Waals surface area contributed by atoms with Gasteiger partial charge in [0.1, 0.15) is 0 Å². The van der Waals surface area contributed by atoms with Crippen LogP contribution >= 0.6 is 11.8 Å². The summed E-state index contributed by atoms with van der Waals surface area (Å²) >= 11 is 1.25. The van der Waals surface area contributed by atoms with Crippen LogP contribution in [-0.2, 0) is 16.1 Å². The number of ether oxygens (including phenoxy) is 1. The number of likely N-dealkylation sites (N-methyl/N-ethyl adjacent to an activating group) is 1. The van der Waals surface area contributed by atoms with Gasteiger partial charge in [0.2, 0.25) is 0 Å². The highest BCUT2D eigenvalue weighted by molar-refractivity contribution is 7.99. The number of aromatic nitrogens is 2. The first-order valence-corrected chi connectivity index (χ1v) is 7.07. The molecule has 7 heteroatoms. The maximum atomic E-state index is 10.6. The summed E-state index contributed by atoms with van der Waals surface area (Å²) < 4.78 is 7.03. The SMILES string of the molecule is COCCN(C)CCn1cc(C)nc1SCC(=O)O. The van der Waals surface area contributed by atoms with E-state index in [0.29, 0.717) is 6.61 Å². The zero-order valence-corrected chi connectivity index (χ0v) is 12.4. The van der Waals surface area contributed by atoms with Crippen molar-refractivity contribution in [1.29, 1.82) is 0 Å². The summed E-state index contributed by atoms with van der Waals surface area (Å²) in [5.74, 6) is -0.787. The summed E-state index contributed by atoms with van der Waals surface area (Å²) in [6, 6.07) is 0. The summed E-state index contributed by atoms with van der Waals surface area (Å²) in [5, 5.41) is 9.47. The Labute approximate surface area is 117 Å². The zero-order valence-electron chi connectivity index (χ0n) is 11.6. The minimum Gasteiger partial charge on any atom is -0.481 e. The van der Waals surface area contributed by atoms with E-state index in [9.17, 15) is 4.79 Å². The lowest BCUT2D eigenvalue weighted by Crippen LogP contribution is -2.26. The molecule has 1 aromatic rings. The number of rotatable bonds is 9. The summed E-state index contributed by atoms with van der Waals surface area (Å²) in [5.41, 5.74) is 0.910. The molecular weight excluding hydrogens is 266 g/mol. The molecule has 0 atom stereocenters. The van der Waals surface area contributed by atoms with Crippen molar-refractivity contribution in [3.63, 3.8) is 0 Å². The van der Waals surface area contributed by atoms with Crippen LogP contribution in [0.5, 0.6) is 0 Å². The molecule has 0 aliphatic heterocycles. The van der Waals surface area contributed by atoms with Crippen LogP contribution in [0, 0.1) is 6.92 Å². The topological polar surface area (TPSA) is 67.6 Å². The van der Waals surface area contributed by atoms with Gasteiger partial charge in [0.15, 0.2) is 5.16 Å². The zero-order chi connectivity index (χ0) is 14.3. The molecule has 0 bridgehead atoms. The number of aliphatic carboxylic acids is 1. The molecule has 0 fully saturated rings. The van der Waals surface area contributed by atoms with Crippen molar-refractivity contribution in [2.75, 3.05) is 39.6 Å². The molecule has 1 rings (SSSR count). The fraction of sp³-hybridized carbons (Fsp3) is 0.667. The predicted molar refractivity (Wildman–Crippen MR) is 74.7 cm³/mol. The summed E-state index contributed by atoms with van der Waals surface area (Å²) in [4.78, 5) is 17.1. The quantitative estimate of drug-likeness (QED) is 0.682. The average molecular weight is 287 g/mol. The van der Waals surface area contributed by atoms with Crippen molar-refractivity contribution in [1.82, 2.24) is 14.5 Å². The van der Waals surface area contributed by atoms with Gasteiger partial charge in [-0.2, -0.15) is 0 Å². The first-order valence-electron chi connectivity index (χ1n) is 6.08. The Morgan fingerprint density at radius 2 is 2.32 bits per heavy atom. The Morgan fingerprint density at radius 3 is 2.95 bits per heavy atom. The normalized spacial score (nSPS) is 11.2. The molecule has 0 saturated heterocycles. The molecule has 0 radical (unpaired) electrons. The number of methoxy groups -OCH3 is 1. The fourth-order valence-corrected chi connectivity index (χ4v) is 2.33. The van der Waals surface area contributed by atoms with Crippen molar-refractivity contribution < 1.29 is 14.6 Å². The lowest BCUT2D eigenvalue weighted by molar-refractivity contribution is -0.133. The van der Waals surface area contributed by atoms with Crippen LogP contribution in [0.2, 0.25) is 0 Å². The molecule has 0 aliphatic carbocycles. The van der Waals surface area contributed by atoms with Gasteiger partial charge in [0.25, 0.3) is 0 Å². The Morgan fingerprint density at radius 1 is 1.58 bits per heavy atom. The maximum absolute atomic E-state index is 10.6. The summed E-state index contributed by atoms with van der Waals surface area (Å²) in [7, 11) is 3.72. The van der Waals surface area contributed by atoms with Gasteiger partial charge >= 0.3 is 5.97 Å². The van der Waals surface area contributed by atoms with Crippen LogP contribution < -0.4 is 0 Å². The van der Waals surface area contributed by atoms with Crippen LogP contribution in [0.4, 0.5) is 0 Å². The second-order valence-electron chi connectivity index (χ2n) is 4.34. The fourth-order valence-electron chi connectivity index (χ4n) is 1.56. The number of hydrogen-bond acceptors (Lipinski definition) is 5. The Hall–Kier alpha value is -1.05. The van der Waals surface area contributed by atoms with Gasteiger partial charge in [-0.3, -0.25) is 4.79 Å². The number of carbonyl (C=O) groups is 1. The third-order valence-corrected chi connectivity index (χ3v) is 3.56. The first-order chi connectivity index (χ1) is 9.02. The third kappa shape index (κ3) is 6.09. The lowest BCUT2D eigenvalue weighted by atomic mass is 10.5. The molecule has 0 unspecified atom stereocenters. The van der Waals surface area contributed by atoms with Gasteiger partial charge in [-0.05, 0) is 14.0 Å². The molecule has 0 aliphatic rings. The van der Waals surface area contributed by atoms with E-state index < -0.39 is 5.97 Å². The monoisotopic (exact) mass is 287 g/mol. The maximum Gasteiger partial charge on any atom is 0.313 e. The average Bonchev–Trinajstić information content (AvgIpc) is 2.71. The summed E-state index contributed by atoms with van der Waals surface area (Å²) in [6.45, 7) is 5.17. The Kier molecular flexibility index (Phi) is 6.90. The van der Waals surface area contributed by atoms with Crippen molar-refractivity contribution in [2.24, 2.45) is 0 Å². The highest BCUT2D eigenvalue weighted by atomic mass is 32.2. The van der Waals surface area contributed by atoms with Gasteiger partial charge in [-0.15, -0.1) is 0 Å². The highest BCUT2D eigenvalue weighted by Crippen LogP contribution is 2.17. The van der Waals surface area contributed by atoms with Gasteiger partial charge in [0.05, 0.1) is 18.1 Å². The molecule has 108 valence electrons. The van der Waals surface area contributed by atoms with Crippen LogP contribution in [0.25, 0.3) is 0 Å².